The lowest BCUT2D eigenvalue weighted by molar-refractivity contribution is 0.0695. The summed E-state index contributed by atoms with van der Waals surface area (Å²) in [4.78, 5) is 39.5. The molecule has 8 heteroatoms. The zero-order valence-corrected chi connectivity index (χ0v) is 14.3. The molecule has 8 nitrogen and oxygen atoms in total. The van der Waals surface area contributed by atoms with E-state index in [1.807, 2.05) is 6.07 Å². The van der Waals surface area contributed by atoms with E-state index in [1.165, 1.54) is 6.07 Å². The van der Waals surface area contributed by atoms with E-state index in [0.29, 0.717) is 22.4 Å². The number of benzene rings is 2. The molecule has 0 unspecified atom stereocenters. The van der Waals surface area contributed by atoms with Gasteiger partial charge < -0.3 is 15.4 Å². The molecule has 4 rings (SSSR count). The number of carboxylic acids is 1. The Balaban J connectivity index is 1.79. The highest BCUT2D eigenvalue weighted by molar-refractivity contribution is 6.01. The molecule has 0 fully saturated rings. The fourth-order valence-corrected chi connectivity index (χ4v) is 3.05. The van der Waals surface area contributed by atoms with E-state index in [9.17, 15) is 19.5 Å². The minimum absolute atomic E-state index is 0.135. The van der Waals surface area contributed by atoms with Gasteiger partial charge in [-0.15, -0.1) is 0 Å². The second kappa shape index (κ2) is 6.41. The Labute approximate surface area is 157 Å². The Morgan fingerprint density at radius 1 is 1.14 bits per heavy atom. The van der Waals surface area contributed by atoms with Gasteiger partial charge >= 0.3 is 12.0 Å². The van der Waals surface area contributed by atoms with E-state index >= 15 is 0 Å². The first-order valence-corrected chi connectivity index (χ1v) is 8.20. The number of hydrogen-bond donors (Lipinski definition) is 3. The minimum atomic E-state index is -1.41. The van der Waals surface area contributed by atoms with Crippen LogP contribution >= 0.6 is 0 Å². The quantitative estimate of drug-likeness (QED) is 0.498. The number of anilines is 1. The number of aromatic carboxylic acids is 1. The first-order valence-electron chi connectivity index (χ1n) is 8.20. The molecule has 1 amide bonds. The summed E-state index contributed by atoms with van der Waals surface area (Å²) in [5.74, 6) is -1.41. The molecule has 0 saturated carbocycles. The molecule has 0 aliphatic carbocycles. The smallest absolute Gasteiger partial charge is 0.341 e. The number of hydrogen-bond acceptors (Lipinski definition) is 4. The van der Waals surface area contributed by atoms with Crippen molar-refractivity contribution in [1.29, 1.82) is 5.26 Å². The first-order chi connectivity index (χ1) is 13.5. The fraction of sp³-hybridized carbons (Fsp3) is 0. The largest absolute Gasteiger partial charge is 0.477 e. The van der Waals surface area contributed by atoms with Crippen LogP contribution < -0.4 is 10.7 Å². The Bertz CT molecular complexity index is 1370. The number of amides is 1. The number of nitrogens with one attached hydrogen (secondary N) is 2. The molecular formula is C20H12N4O4. The maximum atomic E-state index is 12.8. The number of pyridine rings is 1. The highest BCUT2D eigenvalue weighted by atomic mass is 16.4. The van der Waals surface area contributed by atoms with Crippen LogP contribution in [0.1, 0.15) is 16.1 Å². The van der Waals surface area contributed by atoms with Gasteiger partial charge in [-0.1, -0.05) is 18.2 Å². The molecule has 136 valence electrons. The summed E-state index contributed by atoms with van der Waals surface area (Å²) in [5.41, 5.74) is 0.670. The van der Waals surface area contributed by atoms with Crippen LogP contribution in [0.4, 0.5) is 10.5 Å². The SMILES string of the molecule is N#Cc1cc2ccc(NC(=O)n3cc(C(=O)O)c(=O)c4ccccc43)cc2[nH]1. The van der Waals surface area contributed by atoms with E-state index in [0.717, 1.165) is 16.2 Å². The van der Waals surface area contributed by atoms with Crippen LogP contribution in [0, 0.1) is 11.3 Å². The van der Waals surface area contributed by atoms with Crippen LogP contribution in [0.3, 0.4) is 0 Å². The third kappa shape index (κ3) is 2.77. The molecule has 0 spiro atoms. The maximum Gasteiger partial charge on any atom is 0.341 e. The Morgan fingerprint density at radius 2 is 1.93 bits per heavy atom. The van der Waals surface area contributed by atoms with Gasteiger partial charge in [0.05, 0.1) is 5.52 Å². The standard InChI is InChI=1S/C20H12N4O4/c21-9-13-7-11-5-6-12(8-16(11)22-13)23-20(28)24-10-15(19(26)27)18(25)14-3-1-2-4-17(14)24/h1-8,10,22H,(H,23,28)(H,26,27). The number of nitriles is 1. The van der Waals surface area contributed by atoms with Crippen molar-refractivity contribution < 1.29 is 14.7 Å². The molecule has 28 heavy (non-hydrogen) atoms. The van der Waals surface area contributed by atoms with Crippen LogP contribution in [0.15, 0.2) is 59.5 Å². The number of carboxylic acid groups (broad SMARTS) is 1. The molecule has 0 radical (unpaired) electrons. The van der Waals surface area contributed by atoms with Crippen LogP contribution in [0.2, 0.25) is 0 Å². The topological polar surface area (TPSA) is 128 Å². The van der Waals surface area contributed by atoms with Crippen LogP contribution in [0.25, 0.3) is 21.8 Å². The van der Waals surface area contributed by atoms with Gasteiger partial charge in [0.25, 0.3) is 0 Å². The highest BCUT2D eigenvalue weighted by Crippen LogP contribution is 2.20. The second-order valence-electron chi connectivity index (χ2n) is 6.09. The van der Waals surface area contributed by atoms with Gasteiger partial charge in [-0.2, -0.15) is 5.26 Å². The zero-order valence-electron chi connectivity index (χ0n) is 14.3. The third-order valence-corrected chi connectivity index (χ3v) is 4.35. The number of carbonyl (C=O) groups is 2. The van der Waals surface area contributed by atoms with E-state index in [4.69, 9.17) is 5.26 Å². The normalized spacial score (nSPS) is 10.7. The Hall–Kier alpha value is -4.38. The van der Waals surface area contributed by atoms with Gasteiger partial charge in [0.15, 0.2) is 0 Å². The Kier molecular flexibility index (Phi) is 3.90. The van der Waals surface area contributed by atoms with Crippen molar-refractivity contribution in [3.63, 3.8) is 0 Å². The van der Waals surface area contributed by atoms with Gasteiger partial charge in [0.1, 0.15) is 17.3 Å². The number of aromatic amines is 1. The number of para-hydroxylation sites is 1. The molecule has 4 aromatic rings. The number of fused-ring (bicyclic) bond motifs is 2. The van der Waals surface area contributed by atoms with Gasteiger partial charge in [-0.25, -0.2) is 9.59 Å². The molecule has 0 saturated heterocycles. The van der Waals surface area contributed by atoms with Gasteiger partial charge in [0.2, 0.25) is 5.43 Å². The minimum Gasteiger partial charge on any atom is -0.477 e. The fourth-order valence-electron chi connectivity index (χ4n) is 3.05. The predicted octanol–water partition coefficient (Wildman–Crippen LogP) is 3.13. The molecular weight excluding hydrogens is 360 g/mol. The highest BCUT2D eigenvalue weighted by Gasteiger charge is 2.17. The molecule has 2 heterocycles. The van der Waals surface area contributed by atoms with Crippen molar-refractivity contribution in [1.82, 2.24) is 9.55 Å². The summed E-state index contributed by atoms with van der Waals surface area (Å²) in [7, 11) is 0. The van der Waals surface area contributed by atoms with Crippen molar-refractivity contribution >= 4 is 39.5 Å². The Morgan fingerprint density at radius 3 is 2.68 bits per heavy atom. The van der Waals surface area contributed by atoms with Crippen LogP contribution in [-0.2, 0) is 0 Å². The first kappa shape index (κ1) is 17.1. The average molecular weight is 372 g/mol. The van der Waals surface area contributed by atoms with Gasteiger partial charge in [0, 0.05) is 28.2 Å². The molecule has 3 N–H and O–H groups in total. The van der Waals surface area contributed by atoms with E-state index in [2.05, 4.69) is 10.3 Å². The molecule has 0 aliphatic rings. The van der Waals surface area contributed by atoms with Crippen molar-refractivity contribution in [3.8, 4) is 6.07 Å². The summed E-state index contributed by atoms with van der Waals surface area (Å²) in [6.07, 6.45) is 1.02. The number of nitrogens with zero attached hydrogens (tertiary/aromatic N) is 2. The monoisotopic (exact) mass is 372 g/mol. The van der Waals surface area contributed by atoms with Crippen molar-refractivity contribution in [2.45, 2.75) is 0 Å². The summed E-state index contributed by atoms with van der Waals surface area (Å²) >= 11 is 0. The number of rotatable bonds is 2. The average Bonchev–Trinajstić information content (AvgIpc) is 3.10. The lowest BCUT2D eigenvalue weighted by Gasteiger charge is -2.12. The molecule has 0 atom stereocenters. The van der Waals surface area contributed by atoms with Crippen molar-refractivity contribution in [3.05, 3.63) is 76.2 Å². The number of aromatic nitrogens is 2. The van der Waals surface area contributed by atoms with Gasteiger partial charge in [-0.3, -0.25) is 9.36 Å². The number of H-pyrrole nitrogens is 1. The summed E-state index contributed by atoms with van der Waals surface area (Å²) in [5, 5.41) is 21.9. The predicted molar refractivity (Wildman–Crippen MR) is 103 cm³/mol. The summed E-state index contributed by atoms with van der Waals surface area (Å²) in [6.45, 7) is 0. The molecule has 0 bridgehead atoms. The maximum absolute atomic E-state index is 12.8. The summed E-state index contributed by atoms with van der Waals surface area (Å²) in [6, 6.07) is 14.4. The van der Waals surface area contributed by atoms with E-state index < -0.39 is 23.0 Å². The lowest BCUT2D eigenvalue weighted by atomic mass is 10.1. The molecule has 0 aliphatic heterocycles. The third-order valence-electron chi connectivity index (χ3n) is 4.35. The van der Waals surface area contributed by atoms with Crippen LogP contribution in [0.5, 0.6) is 0 Å². The van der Waals surface area contributed by atoms with Gasteiger partial charge in [-0.05, 0) is 30.3 Å². The second-order valence-corrected chi connectivity index (χ2v) is 6.09. The summed E-state index contributed by atoms with van der Waals surface area (Å²) < 4.78 is 1.10. The molecule has 2 aromatic heterocycles. The molecule has 2 aromatic carbocycles. The van der Waals surface area contributed by atoms with E-state index in [-0.39, 0.29) is 5.39 Å². The number of carbonyl (C=O) groups excluding carboxylic acids is 1. The zero-order chi connectivity index (χ0) is 19.8. The van der Waals surface area contributed by atoms with Crippen molar-refractivity contribution in [2.24, 2.45) is 0 Å². The van der Waals surface area contributed by atoms with Crippen molar-refractivity contribution in [2.75, 3.05) is 5.32 Å². The van der Waals surface area contributed by atoms with Crippen LogP contribution in [-0.4, -0.2) is 26.7 Å². The lowest BCUT2D eigenvalue weighted by Crippen LogP contribution is -2.25. The van der Waals surface area contributed by atoms with E-state index in [1.54, 1.807) is 42.5 Å².